The maximum absolute atomic E-state index is 13.1. The van der Waals surface area contributed by atoms with Gasteiger partial charge in [-0.05, 0) is 49.4 Å². The third-order valence-corrected chi connectivity index (χ3v) is 3.64. The van der Waals surface area contributed by atoms with Crippen LogP contribution < -0.4 is 4.74 Å². The van der Waals surface area contributed by atoms with E-state index in [4.69, 9.17) is 9.47 Å². The van der Waals surface area contributed by atoms with Gasteiger partial charge in [-0.25, -0.2) is 14.2 Å². The second-order valence-corrected chi connectivity index (χ2v) is 5.17. The van der Waals surface area contributed by atoms with E-state index in [-0.39, 0.29) is 11.8 Å². The molecule has 0 aliphatic heterocycles. The molecule has 2 aromatic carbocycles. The average Bonchev–Trinajstić information content (AvgIpc) is 2.61. The predicted octanol–water partition coefficient (Wildman–Crippen LogP) is 4.23. The van der Waals surface area contributed by atoms with Crippen LogP contribution in [0.1, 0.15) is 17.3 Å². The van der Waals surface area contributed by atoms with Gasteiger partial charge in [-0.15, -0.1) is 0 Å². The van der Waals surface area contributed by atoms with Crippen molar-refractivity contribution in [2.24, 2.45) is 0 Å². The summed E-state index contributed by atoms with van der Waals surface area (Å²) in [6.07, 6.45) is 0. The molecule has 0 spiro atoms. The highest BCUT2D eigenvalue weighted by Gasteiger charge is 2.12. The van der Waals surface area contributed by atoms with Gasteiger partial charge in [0.2, 0.25) is 0 Å². The first-order valence-corrected chi connectivity index (χ1v) is 7.54. The van der Waals surface area contributed by atoms with E-state index in [1.165, 1.54) is 12.1 Å². The number of hydrogen-bond donors (Lipinski definition) is 0. The molecule has 0 saturated heterocycles. The van der Waals surface area contributed by atoms with E-state index >= 15 is 0 Å². The Labute approximate surface area is 138 Å². The van der Waals surface area contributed by atoms with Gasteiger partial charge in [-0.2, -0.15) is 0 Å². The largest absolute Gasteiger partial charge is 0.496 e. The Morgan fingerprint density at radius 1 is 1.12 bits per heavy atom. The molecule has 3 rings (SSSR count). The number of nitrogens with zero attached hydrogens (tertiary/aromatic N) is 1. The molecular weight excluding hydrogens is 309 g/mol. The molecule has 0 fully saturated rings. The van der Waals surface area contributed by atoms with Crippen molar-refractivity contribution in [2.75, 3.05) is 13.7 Å². The Morgan fingerprint density at radius 3 is 2.54 bits per heavy atom. The van der Waals surface area contributed by atoms with Crippen LogP contribution in [-0.2, 0) is 4.74 Å². The summed E-state index contributed by atoms with van der Waals surface area (Å²) in [5.74, 6) is -0.0971. The van der Waals surface area contributed by atoms with Crippen LogP contribution in [0.25, 0.3) is 22.2 Å². The Bertz CT molecular complexity index is 891. The Balaban J connectivity index is 2.11. The van der Waals surface area contributed by atoms with Crippen molar-refractivity contribution in [3.05, 3.63) is 59.9 Å². The minimum atomic E-state index is -0.385. The van der Waals surface area contributed by atoms with Gasteiger partial charge in [-0.1, -0.05) is 0 Å². The fourth-order valence-corrected chi connectivity index (χ4v) is 2.47. The Hall–Kier alpha value is -2.95. The number of methoxy groups -OCH3 is 1. The van der Waals surface area contributed by atoms with Crippen molar-refractivity contribution < 1.29 is 18.7 Å². The van der Waals surface area contributed by atoms with Crippen molar-refractivity contribution in [3.8, 4) is 17.0 Å². The van der Waals surface area contributed by atoms with Crippen molar-refractivity contribution in [1.29, 1.82) is 0 Å². The first-order chi connectivity index (χ1) is 11.6. The smallest absolute Gasteiger partial charge is 0.338 e. The number of ether oxygens (including phenoxy) is 2. The summed E-state index contributed by atoms with van der Waals surface area (Å²) in [4.78, 5) is 16.5. The molecule has 0 aliphatic carbocycles. The second-order valence-electron chi connectivity index (χ2n) is 5.17. The van der Waals surface area contributed by atoms with E-state index < -0.39 is 0 Å². The average molecular weight is 325 g/mol. The van der Waals surface area contributed by atoms with Gasteiger partial charge in [0.25, 0.3) is 0 Å². The summed E-state index contributed by atoms with van der Waals surface area (Å²) >= 11 is 0. The first kappa shape index (κ1) is 15.9. The van der Waals surface area contributed by atoms with E-state index in [0.717, 1.165) is 5.56 Å². The number of pyridine rings is 1. The fourth-order valence-electron chi connectivity index (χ4n) is 2.47. The fraction of sp³-hybridized carbons (Fsp3) is 0.158. The lowest BCUT2D eigenvalue weighted by Gasteiger charge is -2.10. The number of halogens is 1. The molecule has 0 aliphatic rings. The lowest BCUT2D eigenvalue weighted by molar-refractivity contribution is 0.0526. The number of carbonyl (C=O) groups excluding carboxylic acids is 1. The molecule has 5 heteroatoms. The Morgan fingerprint density at radius 2 is 1.88 bits per heavy atom. The third kappa shape index (κ3) is 3.06. The summed E-state index contributed by atoms with van der Waals surface area (Å²) in [5.41, 5.74) is 2.58. The first-order valence-electron chi connectivity index (χ1n) is 7.54. The highest BCUT2D eigenvalue weighted by Crippen LogP contribution is 2.30. The molecule has 0 unspecified atom stereocenters. The van der Waals surface area contributed by atoms with Gasteiger partial charge in [0, 0.05) is 17.0 Å². The predicted molar refractivity (Wildman–Crippen MR) is 89.6 cm³/mol. The highest BCUT2D eigenvalue weighted by atomic mass is 19.1. The molecule has 0 bridgehead atoms. The second kappa shape index (κ2) is 6.66. The van der Waals surface area contributed by atoms with Gasteiger partial charge in [0.1, 0.15) is 11.6 Å². The van der Waals surface area contributed by atoms with E-state index in [9.17, 15) is 9.18 Å². The van der Waals surface area contributed by atoms with E-state index in [2.05, 4.69) is 4.98 Å². The van der Waals surface area contributed by atoms with Gasteiger partial charge >= 0.3 is 5.97 Å². The standard InChI is InChI=1S/C19H16FNO3/c1-3-24-19(22)13-6-9-16-15(10-13)18(23-2)11-17(21-16)12-4-7-14(20)8-5-12/h4-11H,3H2,1-2H3. The monoisotopic (exact) mass is 325 g/mol. The highest BCUT2D eigenvalue weighted by molar-refractivity contribution is 5.97. The van der Waals surface area contributed by atoms with Gasteiger partial charge < -0.3 is 9.47 Å². The zero-order chi connectivity index (χ0) is 17.1. The van der Waals surface area contributed by atoms with Crippen LogP contribution in [0.2, 0.25) is 0 Å². The molecule has 0 N–H and O–H groups in total. The van der Waals surface area contributed by atoms with E-state index in [1.54, 1.807) is 50.4 Å². The third-order valence-electron chi connectivity index (χ3n) is 3.64. The minimum absolute atomic E-state index is 0.300. The number of carbonyl (C=O) groups is 1. The van der Waals surface area contributed by atoms with Gasteiger partial charge in [-0.3, -0.25) is 0 Å². The SMILES string of the molecule is CCOC(=O)c1ccc2nc(-c3ccc(F)cc3)cc(OC)c2c1. The molecule has 0 radical (unpaired) electrons. The van der Waals surface area contributed by atoms with Gasteiger partial charge in [0.15, 0.2) is 0 Å². The van der Waals surface area contributed by atoms with Crippen molar-refractivity contribution >= 4 is 16.9 Å². The summed E-state index contributed by atoms with van der Waals surface area (Å²) < 4.78 is 23.6. The van der Waals surface area contributed by atoms with Crippen LogP contribution in [0.5, 0.6) is 5.75 Å². The van der Waals surface area contributed by atoms with Crippen LogP contribution in [0.4, 0.5) is 4.39 Å². The lowest BCUT2D eigenvalue weighted by atomic mass is 10.1. The Kier molecular flexibility index (Phi) is 4.42. The summed E-state index contributed by atoms with van der Waals surface area (Å²) in [5, 5.41) is 0.717. The molecule has 3 aromatic rings. The summed E-state index contributed by atoms with van der Waals surface area (Å²) in [6.45, 7) is 2.08. The summed E-state index contributed by atoms with van der Waals surface area (Å²) in [6, 6.07) is 13.0. The zero-order valence-corrected chi connectivity index (χ0v) is 13.4. The maximum Gasteiger partial charge on any atom is 0.338 e. The van der Waals surface area contributed by atoms with Crippen molar-refractivity contribution in [3.63, 3.8) is 0 Å². The number of esters is 1. The van der Waals surface area contributed by atoms with Crippen LogP contribution in [-0.4, -0.2) is 24.7 Å². The number of hydrogen-bond acceptors (Lipinski definition) is 4. The zero-order valence-electron chi connectivity index (χ0n) is 13.4. The van der Waals surface area contributed by atoms with Crippen molar-refractivity contribution in [1.82, 2.24) is 4.98 Å². The molecule has 4 nitrogen and oxygen atoms in total. The van der Waals surface area contributed by atoms with Gasteiger partial charge in [0.05, 0.1) is 30.5 Å². The molecule has 1 heterocycles. The van der Waals surface area contributed by atoms with Crippen LogP contribution >= 0.6 is 0 Å². The van der Waals surface area contributed by atoms with E-state index in [0.29, 0.717) is 34.5 Å². The lowest BCUT2D eigenvalue weighted by Crippen LogP contribution is -2.04. The molecule has 0 saturated carbocycles. The molecule has 0 atom stereocenters. The number of fused-ring (bicyclic) bond motifs is 1. The normalized spacial score (nSPS) is 10.6. The quantitative estimate of drug-likeness (QED) is 0.674. The summed E-state index contributed by atoms with van der Waals surface area (Å²) in [7, 11) is 1.56. The molecule has 1 aromatic heterocycles. The molecule has 122 valence electrons. The number of benzene rings is 2. The molecule has 0 amide bonds. The van der Waals surface area contributed by atoms with Crippen LogP contribution in [0.15, 0.2) is 48.5 Å². The van der Waals surface area contributed by atoms with E-state index in [1.807, 2.05) is 0 Å². The minimum Gasteiger partial charge on any atom is -0.496 e. The van der Waals surface area contributed by atoms with Crippen LogP contribution in [0.3, 0.4) is 0 Å². The van der Waals surface area contributed by atoms with Crippen molar-refractivity contribution in [2.45, 2.75) is 6.92 Å². The molecule has 24 heavy (non-hydrogen) atoms. The number of rotatable bonds is 4. The van der Waals surface area contributed by atoms with Crippen LogP contribution in [0, 0.1) is 5.82 Å². The maximum atomic E-state index is 13.1. The topological polar surface area (TPSA) is 48.4 Å². The molecular formula is C19H16FNO3. The number of aromatic nitrogens is 1.